The highest BCUT2D eigenvalue weighted by Crippen LogP contribution is 2.28. The summed E-state index contributed by atoms with van der Waals surface area (Å²) in [4.78, 5) is 20.1. The van der Waals surface area contributed by atoms with Crippen molar-refractivity contribution in [1.82, 2.24) is 4.98 Å². The number of rotatable bonds is 5. The molecule has 0 saturated heterocycles. The van der Waals surface area contributed by atoms with Gasteiger partial charge in [-0.2, -0.15) is 5.26 Å². The Morgan fingerprint density at radius 1 is 0.967 bits per heavy atom. The van der Waals surface area contributed by atoms with Gasteiger partial charge in [-0.3, -0.25) is 4.79 Å². The minimum Gasteiger partial charge on any atom is -0.307 e. The van der Waals surface area contributed by atoms with Crippen LogP contribution in [0.2, 0.25) is 0 Å². The highest BCUT2D eigenvalue weighted by Gasteiger charge is 2.21. The number of nitriles is 1. The Hall–Kier alpha value is -3.49. The number of hydrogen-bond acceptors (Lipinski definition) is 3. The minimum atomic E-state index is -0.145. The molecule has 0 saturated carbocycles. The van der Waals surface area contributed by atoms with Crippen LogP contribution in [0.5, 0.6) is 0 Å². The van der Waals surface area contributed by atoms with Gasteiger partial charge in [0.25, 0.3) is 5.91 Å². The normalized spacial score (nSPS) is 10.5. The number of anilines is 1. The van der Waals surface area contributed by atoms with Gasteiger partial charge in [0, 0.05) is 27.7 Å². The van der Waals surface area contributed by atoms with Crippen LogP contribution in [0.3, 0.4) is 0 Å². The molecule has 1 amide bonds. The molecule has 0 aliphatic carbocycles. The number of carbonyl (C=O) groups is 1. The maximum absolute atomic E-state index is 13.7. The fourth-order valence-electron chi connectivity index (χ4n) is 3.38. The van der Waals surface area contributed by atoms with Crippen molar-refractivity contribution in [2.45, 2.75) is 6.42 Å². The first-order valence-electron chi connectivity index (χ1n) is 9.57. The van der Waals surface area contributed by atoms with E-state index in [1.165, 1.54) is 0 Å². The lowest BCUT2D eigenvalue weighted by molar-refractivity contribution is 0.0989. The van der Waals surface area contributed by atoms with Crippen molar-refractivity contribution >= 4 is 38.4 Å². The molecule has 0 atom stereocenters. The van der Waals surface area contributed by atoms with Crippen LogP contribution in [-0.4, -0.2) is 17.4 Å². The van der Waals surface area contributed by atoms with Crippen molar-refractivity contribution in [2.75, 3.05) is 11.4 Å². The van der Waals surface area contributed by atoms with Crippen LogP contribution in [0.15, 0.2) is 89.4 Å². The van der Waals surface area contributed by atoms with Crippen molar-refractivity contribution in [2.24, 2.45) is 0 Å². The lowest BCUT2D eigenvalue weighted by atomic mass is 10.0. The number of pyridine rings is 1. The number of carbonyl (C=O) groups excluding carboxylic acids is 1. The Morgan fingerprint density at radius 2 is 1.67 bits per heavy atom. The van der Waals surface area contributed by atoms with Crippen molar-refractivity contribution < 1.29 is 4.79 Å². The van der Waals surface area contributed by atoms with E-state index in [0.717, 1.165) is 32.3 Å². The first-order valence-corrected chi connectivity index (χ1v) is 10.4. The summed E-state index contributed by atoms with van der Waals surface area (Å²) in [5, 5.41) is 9.89. The summed E-state index contributed by atoms with van der Waals surface area (Å²) in [6, 6.07) is 28.9. The maximum Gasteiger partial charge on any atom is 0.259 e. The third kappa shape index (κ3) is 4.10. The molecule has 0 N–H and O–H groups in total. The van der Waals surface area contributed by atoms with Crippen LogP contribution in [0.4, 0.5) is 5.69 Å². The summed E-state index contributed by atoms with van der Waals surface area (Å²) < 4.78 is 0.982. The van der Waals surface area contributed by atoms with Crippen LogP contribution in [0.1, 0.15) is 16.8 Å². The summed E-state index contributed by atoms with van der Waals surface area (Å²) in [5.74, 6) is -0.145. The fourth-order valence-corrected chi connectivity index (χ4v) is 3.65. The van der Waals surface area contributed by atoms with Gasteiger partial charge in [-0.1, -0.05) is 64.5 Å². The second-order valence-corrected chi connectivity index (χ2v) is 7.70. The molecule has 0 fully saturated rings. The van der Waals surface area contributed by atoms with Gasteiger partial charge in [-0.05, 0) is 36.4 Å². The third-order valence-electron chi connectivity index (χ3n) is 4.85. The summed E-state index contributed by atoms with van der Waals surface area (Å²) in [6.07, 6.45) is 0.253. The first kappa shape index (κ1) is 19.8. The van der Waals surface area contributed by atoms with Crippen LogP contribution in [-0.2, 0) is 0 Å². The molecule has 3 aromatic carbocycles. The number of halogens is 1. The molecule has 0 aliphatic heterocycles. The SMILES string of the molecule is N#CCCN(C(=O)c1cc(-c2ccc(Br)cc2)nc2ccccc12)c1ccccc1. The lowest BCUT2D eigenvalue weighted by Gasteiger charge is -2.23. The highest BCUT2D eigenvalue weighted by atomic mass is 79.9. The fraction of sp³-hybridized carbons (Fsp3) is 0.0800. The molecule has 146 valence electrons. The summed E-state index contributed by atoms with van der Waals surface area (Å²) in [5.41, 5.74) is 3.76. The zero-order valence-electron chi connectivity index (χ0n) is 16.1. The predicted octanol–water partition coefficient (Wildman–Crippen LogP) is 6.22. The van der Waals surface area contributed by atoms with Gasteiger partial charge < -0.3 is 4.90 Å². The number of benzene rings is 3. The number of amides is 1. The van der Waals surface area contributed by atoms with Crippen LogP contribution in [0.25, 0.3) is 22.2 Å². The molecule has 30 heavy (non-hydrogen) atoms. The van der Waals surface area contributed by atoms with E-state index in [2.05, 4.69) is 22.0 Å². The number of para-hydroxylation sites is 2. The Bertz CT molecular complexity index is 1230. The molecule has 5 heteroatoms. The zero-order chi connectivity index (χ0) is 20.9. The van der Waals surface area contributed by atoms with Crippen LogP contribution >= 0.6 is 15.9 Å². The molecule has 4 rings (SSSR count). The number of hydrogen-bond donors (Lipinski definition) is 0. The highest BCUT2D eigenvalue weighted by molar-refractivity contribution is 9.10. The van der Waals surface area contributed by atoms with Gasteiger partial charge in [-0.25, -0.2) is 4.98 Å². The van der Waals surface area contributed by atoms with Gasteiger partial charge >= 0.3 is 0 Å². The molecule has 0 aliphatic rings. The Labute approximate surface area is 183 Å². The molecule has 4 aromatic rings. The first-order chi connectivity index (χ1) is 14.7. The monoisotopic (exact) mass is 455 g/mol. The van der Waals surface area contributed by atoms with E-state index in [-0.39, 0.29) is 12.3 Å². The van der Waals surface area contributed by atoms with E-state index in [1.807, 2.05) is 84.9 Å². The predicted molar refractivity (Wildman–Crippen MR) is 123 cm³/mol. The lowest BCUT2D eigenvalue weighted by Crippen LogP contribution is -2.32. The Balaban J connectivity index is 1.86. The van der Waals surface area contributed by atoms with Gasteiger partial charge in [-0.15, -0.1) is 0 Å². The number of nitrogens with zero attached hydrogens (tertiary/aromatic N) is 3. The molecular formula is C25H18BrN3O. The molecule has 0 radical (unpaired) electrons. The molecule has 0 bridgehead atoms. The van der Waals surface area contributed by atoms with Crippen molar-refractivity contribution in [1.29, 1.82) is 5.26 Å². The van der Waals surface area contributed by atoms with Crippen molar-refractivity contribution in [3.8, 4) is 17.3 Å². The van der Waals surface area contributed by atoms with Crippen LogP contribution < -0.4 is 4.90 Å². The quantitative estimate of drug-likeness (QED) is 0.358. The number of fused-ring (bicyclic) bond motifs is 1. The molecule has 1 aromatic heterocycles. The topological polar surface area (TPSA) is 57.0 Å². The molecular weight excluding hydrogens is 438 g/mol. The minimum absolute atomic E-state index is 0.145. The molecule has 4 nitrogen and oxygen atoms in total. The van der Waals surface area contributed by atoms with Gasteiger partial charge in [0.15, 0.2) is 0 Å². The van der Waals surface area contributed by atoms with Gasteiger partial charge in [0.2, 0.25) is 0 Å². The molecule has 1 heterocycles. The van der Waals surface area contributed by atoms with E-state index in [1.54, 1.807) is 4.90 Å². The largest absolute Gasteiger partial charge is 0.307 e. The van der Waals surface area contributed by atoms with E-state index in [4.69, 9.17) is 10.2 Å². The van der Waals surface area contributed by atoms with Crippen molar-refractivity contribution in [3.05, 3.63) is 95.0 Å². The molecule has 0 unspecified atom stereocenters. The number of aromatic nitrogens is 1. The van der Waals surface area contributed by atoms with Gasteiger partial charge in [0.1, 0.15) is 0 Å². The second kappa shape index (κ2) is 8.89. The van der Waals surface area contributed by atoms with E-state index in [9.17, 15) is 4.79 Å². The smallest absolute Gasteiger partial charge is 0.259 e. The third-order valence-corrected chi connectivity index (χ3v) is 5.38. The standard InChI is InChI=1S/C25H18BrN3O/c26-19-13-11-18(12-14-19)24-17-22(21-9-4-5-10-23(21)28-24)25(30)29(16-6-15-27)20-7-2-1-3-8-20/h1-5,7-14,17H,6,16H2. The average molecular weight is 456 g/mol. The summed E-state index contributed by atoms with van der Waals surface area (Å²) in [7, 11) is 0. The Kier molecular flexibility index (Phi) is 5.87. The van der Waals surface area contributed by atoms with E-state index >= 15 is 0 Å². The summed E-state index contributed by atoms with van der Waals surface area (Å²) in [6.45, 7) is 0.323. The maximum atomic E-state index is 13.7. The van der Waals surface area contributed by atoms with E-state index < -0.39 is 0 Å². The average Bonchev–Trinajstić information content (AvgIpc) is 2.79. The van der Waals surface area contributed by atoms with Crippen molar-refractivity contribution in [3.63, 3.8) is 0 Å². The van der Waals surface area contributed by atoms with Crippen LogP contribution in [0, 0.1) is 11.3 Å². The zero-order valence-corrected chi connectivity index (χ0v) is 17.7. The summed E-state index contributed by atoms with van der Waals surface area (Å²) >= 11 is 3.46. The van der Waals surface area contributed by atoms with E-state index in [0.29, 0.717) is 12.1 Å². The Morgan fingerprint density at radius 3 is 2.40 bits per heavy atom. The van der Waals surface area contributed by atoms with Gasteiger partial charge in [0.05, 0.1) is 29.3 Å². The second-order valence-electron chi connectivity index (χ2n) is 6.78. The molecule has 0 spiro atoms.